The molecule has 0 spiro atoms. The van der Waals surface area contributed by atoms with Crippen molar-refractivity contribution >= 4 is 6.92 Å². The molecular formula is C3H9BO2. The van der Waals surface area contributed by atoms with Crippen molar-refractivity contribution < 1.29 is 9.69 Å². The van der Waals surface area contributed by atoms with E-state index < -0.39 is 0 Å². The van der Waals surface area contributed by atoms with Crippen LogP contribution in [0.4, 0.5) is 0 Å². The highest BCUT2D eigenvalue weighted by molar-refractivity contribution is 6.48. The highest BCUT2D eigenvalue weighted by Crippen LogP contribution is 1.79. The van der Waals surface area contributed by atoms with Gasteiger partial charge in [0, 0.05) is 0 Å². The minimum atomic E-state index is 0.176. The second-order valence-corrected chi connectivity index (χ2v) is 1.31. The largest absolute Gasteiger partial charge is 0.334 e. The summed E-state index contributed by atoms with van der Waals surface area (Å²) in [6, 6.07) is 0. The monoisotopic (exact) mass is 88.1 g/mol. The van der Waals surface area contributed by atoms with Crippen LogP contribution in [0.3, 0.4) is 0 Å². The Kier molecular flexibility index (Phi) is 3.18. The first-order valence-corrected chi connectivity index (χ1v) is 1.97. The van der Waals surface area contributed by atoms with E-state index >= 15 is 0 Å². The van der Waals surface area contributed by atoms with E-state index in [2.05, 4.69) is 9.69 Å². The van der Waals surface area contributed by atoms with Crippen LogP contribution in [0, 0.1) is 0 Å². The third-order valence-corrected chi connectivity index (χ3v) is 0.289. The maximum atomic E-state index is 4.54. The fraction of sp³-hybridized carbons (Fsp3) is 1.00. The van der Waals surface area contributed by atoms with E-state index in [0.717, 1.165) is 0 Å². The molecule has 0 saturated heterocycles. The van der Waals surface area contributed by atoms with Crippen molar-refractivity contribution in [2.75, 3.05) is 7.11 Å². The summed E-state index contributed by atoms with van der Waals surface area (Å²) in [6.45, 7) is 3.99. The molecule has 2 nitrogen and oxygen atoms in total. The molecule has 0 saturated carbocycles. The maximum Gasteiger partial charge on any atom is 0.334 e. The van der Waals surface area contributed by atoms with E-state index in [9.17, 15) is 0 Å². The molecule has 0 aromatic carbocycles. The molecule has 0 aliphatic heterocycles. The Morgan fingerprint density at radius 2 is 1.83 bits per heavy atom. The standard InChI is InChI=1S/C3H9BO2/c1-4(2)6-5-3/h1-3H3. The molecule has 6 heavy (non-hydrogen) atoms. The number of hydrogen-bond acceptors (Lipinski definition) is 2. The predicted molar refractivity (Wildman–Crippen MR) is 25.6 cm³/mol. The van der Waals surface area contributed by atoms with E-state index in [1.54, 1.807) is 0 Å². The average molecular weight is 87.9 g/mol. The van der Waals surface area contributed by atoms with Crippen LogP contribution < -0.4 is 0 Å². The topological polar surface area (TPSA) is 18.5 Å². The zero-order valence-corrected chi connectivity index (χ0v) is 4.39. The first-order valence-electron chi connectivity index (χ1n) is 1.97. The third-order valence-electron chi connectivity index (χ3n) is 0.289. The SMILES string of the molecule is COOB(C)C. The van der Waals surface area contributed by atoms with Gasteiger partial charge in [0.05, 0.1) is 7.11 Å². The summed E-state index contributed by atoms with van der Waals surface area (Å²) in [6.07, 6.45) is 0. The van der Waals surface area contributed by atoms with Gasteiger partial charge in [-0.1, -0.05) is 13.6 Å². The van der Waals surface area contributed by atoms with Gasteiger partial charge in [0.2, 0.25) is 0 Å². The fourth-order valence-electron chi connectivity index (χ4n) is 0.192. The lowest BCUT2D eigenvalue weighted by atomic mass is 9.76. The van der Waals surface area contributed by atoms with Gasteiger partial charge in [-0.2, -0.15) is 0 Å². The van der Waals surface area contributed by atoms with E-state index in [0.29, 0.717) is 0 Å². The smallest absolute Gasteiger partial charge is 0.306 e. The van der Waals surface area contributed by atoms with Gasteiger partial charge in [0.1, 0.15) is 0 Å². The lowest BCUT2D eigenvalue weighted by Gasteiger charge is -1.95. The summed E-state index contributed by atoms with van der Waals surface area (Å²) in [4.78, 5) is 8.84. The minimum Gasteiger partial charge on any atom is -0.306 e. The Hall–Kier alpha value is -0.0151. The van der Waals surface area contributed by atoms with Crippen LogP contribution in [-0.4, -0.2) is 14.0 Å². The molecule has 0 aliphatic carbocycles. The Morgan fingerprint density at radius 1 is 1.33 bits per heavy atom. The second kappa shape index (κ2) is 3.19. The summed E-state index contributed by atoms with van der Waals surface area (Å²) in [7, 11) is 1.50. The van der Waals surface area contributed by atoms with E-state index in [-0.39, 0.29) is 6.92 Å². The quantitative estimate of drug-likeness (QED) is 0.282. The molecule has 0 radical (unpaired) electrons. The van der Waals surface area contributed by atoms with Crippen molar-refractivity contribution in [3.05, 3.63) is 0 Å². The fourth-order valence-corrected chi connectivity index (χ4v) is 0.192. The molecule has 0 amide bonds. The van der Waals surface area contributed by atoms with Gasteiger partial charge in [0.15, 0.2) is 0 Å². The molecule has 0 heterocycles. The van der Waals surface area contributed by atoms with Crippen molar-refractivity contribution in [3.8, 4) is 0 Å². The van der Waals surface area contributed by atoms with Crippen LogP contribution in [0.15, 0.2) is 0 Å². The molecule has 0 aromatic rings. The summed E-state index contributed by atoms with van der Waals surface area (Å²) in [5.74, 6) is 0. The summed E-state index contributed by atoms with van der Waals surface area (Å²) < 4.78 is 0. The van der Waals surface area contributed by atoms with Crippen molar-refractivity contribution in [1.82, 2.24) is 0 Å². The summed E-state index contributed by atoms with van der Waals surface area (Å²) in [5.41, 5.74) is 0. The highest BCUT2D eigenvalue weighted by Gasteiger charge is 1.94. The molecule has 3 heteroatoms. The van der Waals surface area contributed by atoms with E-state index in [4.69, 9.17) is 0 Å². The molecule has 36 valence electrons. The van der Waals surface area contributed by atoms with Gasteiger partial charge < -0.3 is 4.81 Å². The van der Waals surface area contributed by atoms with Gasteiger partial charge in [-0.25, -0.2) is 0 Å². The predicted octanol–water partition coefficient (Wildman–Crippen LogP) is 0.815. The first-order chi connectivity index (χ1) is 2.77. The van der Waals surface area contributed by atoms with Gasteiger partial charge >= 0.3 is 6.92 Å². The van der Waals surface area contributed by atoms with Crippen molar-refractivity contribution in [2.24, 2.45) is 0 Å². The Morgan fingerprint density at radius 3 is 1.83 bits per heavy atom. The van der Waals surface area contributed by atoms with Crippen LogP contribution >= 0.6 is 0 Å². The van der Waals surface area contributed by atoms with Crippen LogP contribution in [0.1, 0.15) is 0 Å². The molecule has 0 aliphatic rings. The second-order valence-electron chi connectivity index (χ2n) is 1.31. The average Bonchev–Trinajstić information content (AvgIpc) is 1.35. The normalized spacial score (nSPS) is 8.50. The third kappa shape index (κ3) is 3.98. The van der Waals surface area contributed by atoms with E-state index in [1.165, 1.54) is 7.11 Å². The minimum absolute atomic E-state index is 0.176. The van der Waals surface area contributed by atoms with E-state index in [1.807, 2.05) is 13.6 Å². The Balaban J connectivity index is 2.63. The van der Waals surface area contributed by atoms with Crippen LogP contribution in [0.2, 0.25) is 13.6 Å². The van der Waals surface area contributed by atoms with Crippen LogP contribution in [0.25, 0.3) is 0 Å². The van der Waals surface area contributed by atoms with Gasteiger partial charge in [0.25, 0.3) is 0 Å². The molecule has 0 rings (SSSR count). The molecule has 0 bridgehead atoms. The molecule has 0 aromatic heterocycles. The molecule has 0 unspecified atom stereocenters. The summed E-state index contributed by atoms with van der Waals surface area (Å²) >= 11 is 0. The zero-order chi connectivity index (χ0) is 4.99. The van der Waals surface area contributed by atoms with Gasteiger partial charge in [-0.05, 0) is 0 Å². The Bertz CT molecular complexity index is 30.0. The van der Waals surface area contributed by atoms with Crippen molar-refractivity contribution in [2.45, 2.75) is 13.6 Å². The first kappa shape index (κ1) is 5.98. The molecule has 0 N–H and O–H groups in total. The van der Waals surface area contributed by atoms with Gasteiger partial charge in [-0.3, -0.25) is 4.89 Å². The molecular weight excluding hydrogens is 78.8 g/mol. The van der Waals surface area contributed by atoms with Crippen LogP contribution in [0.5, 0.6) is 0 Å². The number of hydrogen-bond donors (Lipinski definition) is 0. The highest BCUT2D eigenvalue weighted by atomic mass is 17.2. The van der Waals surface area contributed by atoms with Crippen molar-refractivity contribution in [3.63, 3.8) is 0 Å². The summed E-state index contributed by atoms with van der Waals surface area (Å²) in [5, 5.41) is 0. The van der Waals surface area contributed by atoms with Crippen LogP contribution in [-0.2, 0) is 9.69 Å². The lowest BCUT2D eigenvalue weighted by Crippen LogP contribution is -2.05. The maximum absolute atomic E-state index is 4.54. The molecule has 0 fully saturated rings. The zero-order valence-electron chi connectivity index (χ0n) is 4.39. The van der Waals surface area contributed by atoms with Crippen molar-refractivity contribution in [1.29, 1.82) is 0 Å². The lowest BCUT2D eigenvalue weighted by molar-refractivity contribution is -0.183. The molecule has 0 atom stereocenters. The van der Waals surface area contributed by atoms with Gasteiger partial charge in [-0.15, -0.1) is 0 Å². The Labute approximate surface area is 38.5 Å². The number of rotatable bonds is 2.